The number of carbonyl (C=O) groups is 1. The van der Waals surface area contributed by atoms with Crippen LogP contribution in [0.2, 0.25) is 0 Å². The quantitative estimate of drug-likeness (QED) is 0.874. The monoisotopic (exact) mass is 348 g/mol. The Labute approximate surface area is 138 Å². The minimum atomic E-state index is -3.78. The van der Waals surface area contributed by atoms with E-state index in [1.807, 2.05) is 0 Å². The van der Waals surface area contributed by atoms with Gasteiger partial charge in [-0.25, -0.2) is 22.9 Å². The molecule has 1 N–H and O–H groups in total. The number of hydrogen-bond donors (Lipinski definition) is 1. The molecule has 0 bridgehead atoms. The third-order valence-electron chi connectivity index (χ3n) is 4.61. The predicted molar refractivity (Wildman–Crippen MR) is 83.0 cm³/mol. The van der Waals surface area contributed by atoms with Crippen molar-refractivity contribution in [2.45, 2.75) is 37.2 Å². The molecule has 0 radical (unpaired) electrons. The van der Waals surface area contributed by atoms with Crippen LogP contribution < -0.4 is 0 Å². The van der Waals surface area contributed by atoms with E-state index >= 15 is 0 Å². The van der Waals surface area contributed by atoms with Crippen LogP contribution in [-0.2, 0) is 36.0 Å². The number of hydrogen-bond acceptors (Lipinski definition) is 5. The Morgan fingerprint density at radius 1 is 1.21 bits per heavy atom. The molecule has 4 rings (SSSR count). The summed E-state index contributed by atoms with van der Waals surface area (Å²) in [7, 11) is -3.78. The standard InChI is InChI=1S/C15H16N4O4S/c20-15(21)11-6-10-2-1-3-12(10)13(7-11)24(22,23)18-4-5-19-14(8-18)16-9-17-19/h6-7,9H,1-5,8H2,(H,20,21). The van der Waals surface area contributed by atoms with Crippen molar-refractivity contribution in [2.75, 3.05) is 6.54 Å². The number of aromatic nitrogens is 3. The summed E-state index contributed by atoms with van der Waals surface area (Å²) in [6.45, 7) is 0.883. The minimum Gasteiger partial charge on any atom is -0.478 e. The van der Waals surface area contributed by atoms with Crippen molar-refractivity contribution in [1.29, 1.82) is 0 Å². The highest BCUT2D eigenvalue weighted by Crippen LogP contribution is 2.32. The van der Waals surface area contributed by atoms with Crippen LogP contribution in [0.5, 0.6) is 0 Å². The van der Waals surface area contributed by atoms with Gasteiger partial charge in [0.05, 0.1) is 23.5 Å². The molecule has 126 valence electrons. The Morgan fingerprint density at radius 3 is 2.83 bits per heavy atom. The molecular formula is C15H16N4O4S. The van der Waals surface area contributed by atoms with Crippen LogP contribution in [0.4, 0.5) is 0 Å². The second-order valence-corrected chi connectivity index (χ2v) is 7.92. The van der Waals surface area contributed by atoms with Crippen molar-refractivity contribution in [3.05, 3.63) is 41.0 Å². The van der Waals surface area contributed by atoms with Crippen LogP contribution in [0.15, 0.2) is 23.4 Å². The van der Waals surface area contributed by atoms with E-state index in [1.54, 1.807) is 10.7 Å². The first kappa shape index (κ1) is 15.3. The number of benzene rings is 1. The van der Waals surface area contributed by atoms with Crippen molar-refractivity contribution in [3.63, 3.8) is 0 Å². The van der Waals surface area contributed by atoms with Gasteiger partial charge < -0.3 is 5.11 Å². The Kier molecular flexibility index (Phi) is 3.43. The largest absolute Gasteiger partial charge is 0.478 e. The predicted octanol–water partition coefficient (Wildman–Crippen LogP) is 0.669. The number of carboxylic acid groups (broad SMARTS) is 1. The fourth-order valence-corrected chi connectivity index (χ4v) is 5.11. The number of aromatic carboxylic acids is 1. The third kappa shape index (κ3) is 2.31. The van der Waals surface area contributed by atoms with E-state index in [4.69, 9.17) is 0 Å². The van der Waals surface area contributed by atoms with E-state index in [-0.39, 0.29) is 17.0 Å². The summed E-state index contributed by atoms with van der Waals surface area (Å²) in [5.41, 5.74) is 1.61. The highest BCUT2D eigenvalue weighted by Gasteiger charge is 2.33. The molecule has 0 spiro atoms. The number of fused-ring (bicyclic) bond motifs is 2. The second kappa shape index (κ2) is 5.38. The molecule has 9 heteroatoms. The molecule has 1 aliphatic heterocycles. The van der Waals surface area contributed by atoms with E-state index < -0.39 is 16.0 Å². The normalized spacial score (nSPS) is 17.5. The Balaban J connectivity index is 1.79. The molecule has 2 aliphatic rings. The van der Waals surface area contributed by atoms with Crippen LogP contribution in [0.25, 0.3) is 0 Å². The van der Waals surface area contributed by atoms with Crippen molar-refractivity contribution >= 4 is 16.0 Å². The number of nitrogens with zero attached hydrogens (tertiary/aromatic N) is 4. The summed E-state index contributed by atoms with van der Waals surface area (Å²) >= 11 is 0. The fraction of sp³-hybridized carbons (Fsp3) is 0.400. The van der Waals surface area contributed by atoms with E-state index in [0.29, 0.717) is 31.8 Å². The fourth-order valence-electron chi connectivity index (χ4n) is 3.40. The van der Waals surface area contributed by atoms with Crippen LogP contribution in [0, 0.1) is 0 Å². The molecule has 2 aromatic rings. The van der Waals surface area contributed by atoms with Crippen molar-refractivity contribution in [3.8, 4) is 0 Å². The molecule has 0 atom stereocenters. The smallest absolute Gasteiger partial charge is 0.335 e. The maximum Gasteiger partial charge on any atom is 0.335 e. The summed E-state index contributed by atoms with van der Waals surface area (Å²) in [6.07, 6.45) is 3.63. The third-order valence-corrected chi connectivity index (χ3v) is 6.53. The summed E-state index contributed by atoms with van der Waals surface area (Å²) < 4.78 is 29.3. The van der Waals surface area contributed by atoms with Gasteiger partial charge in [-0.1, -0.05) is 0 Å². The lowest BCUT2D eigenvalue weighted by Gasteiger charge is -2.27. The highest BCUT2D eigenvalue weighted by molar-refractivity contribution is 7.89. The maximum absolute atomic E-state index is 13.1. The van der Waals surface area contributed by atoms with E-state index in [2.05, 4.69) is 10.1 Å². The van der Waals surface area contributed by atoms with Crippen molar-refractivity contribution in [2.24, 2.45) is 0 Å². The van der Waals surface area contributed by atoms with Crippen LogP contribution >= 0.6 is 0 Å². The molecule has 24 heavy (non-hydrogen) atoms. The van der Waals surface area contributed by atoms with E-state index in [1.165, 1.54) is 16.7 Å². The van der Waals surface area contributed by atoms with Gasteiger partial charge in [-0.2, -0.15) is 9.40 Å². The SMILES string of the molecule is O=C(O)c1cc2c(c(S(=O)(=O)N3CCn4ncnc4C3)c1)CCC2. The van der Waals surface area contributed by atoms with Gasteiger partial charge in [-0.3, -0.25) is 0 Å². The highest BCUT2D eigenvalue weighted by atomic mass is 32.2. The van der Waals surface area contributed by atoms with Crippen molar-refractivity contribution < 1.29 is 18.3 Å². The second-order valence-electron chi connectivity index (χ2n) is 6.01. The number of carboxylic acids is 1. The first-order chi connectivity index (χ1) is 11.5. The van der Waals surface area contributed by atoms with Gasteiger partial charge in [0.1, 0.15) is 12.2 Å². The van der Waals surface area contributed by atoms with Crippen LogP contribution in [0.1, 0.15) is 33.7 Å². The zero-order chi connectivity index (χ0) is 16.9. The molecule has 1 aromatic heterocycles. The zero-order valence-corrected chi connectivity index (χ0v) is 13.7. The molecule has 1 aromatic carbocycles. The number of sulfonamides is 1. The number of aryl methyl sites for hydroxylation is 1. The molecule has 0 saturated heterocycles. The summed E-state index contributed by atoms with van der Waals surface area (Å²) in [4.78, 5) is 15.6. The lowest BCUT2D eigenvalue weighted by molar-refractivity contribution is 0.0696. The van der Waals surface area contributed by atoms with Gasteiger partial charge in [-0.05, 0) is 42.5 Å². The molecule has 1 aliphatic carbocycles. The van der Waals surface area contributed by atoms with Crippen LogP contribution in [-0.4, -0.2) is 45.1 Å². The Morgan fingerprint density at radius 2 is 2.04 bits per heavy atom. The summed E-state index contributed by atoms with van der Waals surface area (Å²) in [5.74, 6) is -0.518. The maximum atomic E-state index is 13.1. The molecular weight excluding hydrogens is 332 g/mol. The Bertz CT molecular complexity index is 935. The first-order valence-electron chi connectivity index (χ1n) is 7.73. The summed E-state index contributed by atoms with van der Waals surface area (Å²) in [6, 6.07) is 2.89. The lowest BCUT2D eigenvalue weighted by atomic mass is 10.1. The molecule has 0 fully saturated rings. The average Bonchev–Trinajstić information content (AvgIpc) is 3.21. The molecule has 0 amide bonds. The first-order valence-corrected chi connectivity index (χ1v) is 9.17. The molecule has 2 heterocycles. The van der Waals surface area contributed by atoms with Gasteiger partial charge in [0.15, 0.2) is 0 Å². The molecule has 8 nitrogen and oxygen atoms in total. The van der Waals surface area contributed by atoms with Crippen molar-refractivity contribution in [1.82, 2.24) is 19.1 Å². The zero-order valence-electron chi connectivity index (χ0n) is 12.8. The average molecular weight is 348 g/mol. The minimum absolute atomic E-state index is 0.0226. The van der Waals surface area contributed by atoms with Gasteiger partial charge in [-0.15, -0.1) is 0 Å². The Hall–Kier alpha value is -2.26. The van der Waals surface area contributed by atoms with E-state index in [9.17, 15) is 18.3 Å². The van der Waals surface area contributed by atoms with E-state index in [0.717, 1.165) is 17.5 Å². The topological polar surface area (TPSA) is 105 Å². The lowest BCUT2D eigenvalue weighted by Crippen LogP contribution is -2.39. The molecule has 0 unspecified atom stereocenters. The molecule has 0 saturated carbocycles. The number of rotatable bonds is 3. The van der Waals surface area contributed by atoms with Gasteiger partial charge in [0.25, 0.3) is 0 Å². The van der Waals surface area contributed by atoms with Crippen LogP contribution in [0.3, 0.4) is 0 Å². The summed E-state index contributed by atoms with van der Waals surface area (Å²) in [5, 5.41) is 13.3. The van der Waals surface area contributed by atoms with Gasteiger partial charge in [0, 0.05) is 6.54 Å². The van der Waals surface area contributed by atoms with Gasteiger partial charge in [0.2, 0.25) is 10.0 Å². The van der Waals surface area contributed by atoms with Gasteiger partial charge >= 0.3 is 5.97 Å².